The highest BCUT2D eigenvalue weighted by molar-refractivity contribution is 5.79. The normalized spacial score (nSPS) is 33.4. The molecule has 0 bridgehead atoms. The van der Waals surface area contributed by atoms with E-state index in [0.717, 1.165) is 45.3 Å². The molecule has 1 aliphatic heterocycles. The van der Waals surface area contributed by atoms with Crippen molar-refractivity contribution >= 4 is 5.91 Å². The van der Waals surface area contributed by atoms with E-state index in [-0.39, 0.29) is 18.1 Å². The maximum Gasteiger partial charge on any atom is 0.225 e. The second-order valence-corrected chi connectivity index (χ2v) is 6.46. The molecule has 0 aromatic heterocycles. The van der Waals surface area contributed by atoms with Gasteiger partial charge in [-0.15, -0.1) is 0 Å². The first-order chi connectivity index (χ1) is 9.51. The van der Waals surface area contributed by atoms with Crippen LogP contribution in [0.15, 0.2) is 0 Å². The molecular weight excluding hydrogens is 254 g/mol. The zero-order chi connectivity index (χ0) is 14.7. The molecule has 4 unspecified atom stereocenters. The fourth-order valence-corrected chi connectivity index (χ4v) is 3.56. The first-order valence-corrected chi connectivity index (χ1v) is 7.97. The van der Waals surface area contributed by atoms with Gasteiger partial charge >= 0.3 is 0 Å². The molecule has 1 heterocycles. The Morgan fingerprint density at radius 3 is 2.70 bits per heavy atom. The maximum atomic E-state index is 12.5. The number of β-amino-alcohol motifs (C(OH)–C–C–N with tert-alkyl or cyclic N) is 1. The lowest BCUT2D eigenvalue weighted by Gasteiger charge is -2.42. The summed E-state index contributed by atoms with van der Waals surface area (Å²) in [6, 6.07) is 0.583. The number of aliphatic hydroxyl groups excluding tert-OH is 1. The van der Waals surface area contributed by atoms with Crippen LogP contribution in [0.5, 0.6) is 0 Å². The number of rotatable bonds is 4. The molecule has 2 aliphatic rings. The number of piperazine rings is 1. The average molecular weight is 283 g/mol. The number of amides is 1. The highest BCUT2D eigenvalue weighted by Crippen LogP contribution is 2.27. The van der Waals surface area contributed by atoms with E-state index in [4.69, 9.17) is 5.73 Å². The lowest BCUT2D eigenvalue weighted by molar-refractivity contribution is -0.138. The Balaban J connectivity index is 1.90. The monoisotopic (exact) mass is 283 g/mol. The highest BCUT2D eigenvalue weighted by atomic mass is 16.3. The third-order valence-electron chi connectivity index (χ3n) is 4.71. The molecule has 116 valence electrons. The van der Waals surface area contributed by atoms with Crippen molar-refractivity contribution in [2.75, 3.05) is 26.2 Å². The molecule has 3 N–H and O–H groups in total. The van der Waals surface area contributed by atoms with Crippen molar-refractivity contribution in [2.24, 2.45) is 11.7 Å². The Morgan fingerprint density at radius 2 is 2.15 bits per heavy atom. The third-order valence-corrected chi connectivity index (χ3v) is 4.71. The molecule has 2 fully saturated rings. The molecule has 1 saturated carbocycles. The van der Waals surface area contributed by atoms with Gasteiger partial charge < -0.3 is 15.7 Å². The maximum absolute atomic E-state index is 12.5. The van der Waals surface area contributed by atoms with Crippen LogP contribution in [0.4, 0.5) is 0 Å². The first kappa shape index (κ1) is 15.7. The average Bonchev–Trinajstić information content (AvgIpc) is 2.84. The summed E-state index contributed by atoms with van der Waals surface area (Å²) < 4.78 is 0. The summed E-state index contributed by atoms with van der Waals surface area (Å²) in [6.07, 6.45) is 3.49. The van der Waals surface area contributed by atoms with Crippen LogP contribution in [0, 0.1) is 5.92 Å². The van der Waals surface area contributed by atoms with Crippen molar-refractivity contribution in [3.05, 3.63) is 0 Å². The van der Waals surface area contributed by atoms with Gasteiger partial charge in [-0.25, -0.2) is 0 Å². The topological polar surface area (TPSA) is 69.8 Å². The van der Waals surface area contributed by atoms with E-state index in [1.165, 1.54) is 0 Å². The molecule has 5 heteroatoms. The summed E-state index contributed by atoms with van der Waals surface area (Å²) in [4.78, 5) is 16.9. The van der Waals surface area contributed by atoms with Gasteiger partial charge in [-0.05, 0) is 32.6 Å². The minimum atomic E-state index is -0.306. The molecule has 1 amide bonds. The van der Waals surface area contributed by atoms with Gasteiger partial charge in [0, 0.05) is 44.2 Å². The Labute approximate surface area is 122 Å². The van der Waals surface area contributed by atoms with Crippen LogP contribution in [0.2, 0.25) is 0 Å². The van der Waals surface area contributed by atoms with Crippen molar-refractivity contribution in [2.45, 2.75) is 57.7 Å². The number of carbonyl (C=O) groups excluding carboxylic acids is 1. The Morgan fingerprint density at radius 1 is 1.40 bits per heavy atom. The minimum Gasteiger partial charge on any atom is -0.392 e. The largest absolute Gasteiger partial charge is 0.392 e. The lowest BCUT2D eigenvalue weighted by Crippen LogP contribution is -2.56. The number of carbonyl (C=O) groups is 1. The molecular formula is C15H29N3O2. The van der Waals surface area contributed by atoms with E-state index >= 15 is 0 Å². The molecule has 5 nitrogen and oxygen atoms in total. The number of nitrogens with two attached hydrogens (primary N) is 1. The number of nitrogens with zero attached hydrogens (tertiary/aromatic N) is 2. The quantitative estimate of drug-likeness (QED) is 0.784. The predicted molar refractivity (Wildman–Crippen MR) is 79.2 cm³/mol. The standard InChI is InChI=1S/C15H29N3O2/c1-3-14-10-18(7-6-17(14)9-11(2)19)15(20)12-4-5-13(16)8-12/h11-14,19H,3-10,16H2,1-2H3. The zero-order valence-electron chi connectivity index (χ0n) is 12.8. The van der Waals surface area contributed by atoms with Crippen LogP contribution in [-0.2, 0) is 4.79 Å². The van der Waals surface area contributed by atoms with E-state index in [0.29, 0.717) is 18.5 Å². The van der Waals surface area contributed by atoms with Crippen LogP contribution in [0.3, 0.4) is 0 Å². The van der Waals surface area contributed by atoms with Crippen LogP contribution >= 0.6 is 0 Å². The highest BCUT2D eigenvalue weighted by Gasteiger charge is 2.35. The second kappa shape index (κ2) is 6.87. The zero-order valence-corrected chi connectivity index (χ0v) is 12.8. The van der Waals surface area contributed by atoms with E-state index in [1.807, 2.05) is 11.8 Å². The molecule has 20 heavy (non-hydrogen) atoms. The summed E-state index contributed by atoms with van der Waals surface area (Å²) >= 11 is 0. The molecule has 0 aromatic carbocycles. The molecule has 0 radical (unpaired) electrons. The van der Waals surface area contributed by atoms with Gasteiger partial charge in [0.2, 0.25) is 5.91 Å². The smallest absolute Gasteiger partial charge is 0.225 e. The molecule has 2 rings (SSSR count). The first-order valence-electron chi connectivity index (χ1n) is 7.97. The SMILES string of the molecule is CCC1CN(C(=O)C2CCC(N)C2)CCN1CC(C)O. The molecule has 0 spiro atoms. The third kappa shape index (κ3) is 3.71. The summed E-state index contributed by atoms with van der Waals surface area (Å²) in [7, 11) is 0. The minimum absolute atomic E-state index is 0.144. The van der Waals surface area contributed by atoms with E-state index in [1.54, 1.807) is 0 Å². The summed E-state index contributed by atoms with van der Waals surface area (Å²) in [5.74, 6) is 0.443. The van der Waals surface area contributed by atoms with Crippen LogP contribution in [0.25, 0.3) is 0 Å². The van der Waals surface area contributed by atoms with Crippen molar-refractivity contribution in [1.82, 2.24) is 9.80 Å². The Bertz CT molecular complexity index is 335. The summed E-state index contributed by atoms with van der Waals surface area (Å²) in [5.41, 5.74) is 5.92. The molecule has 0 aromatic rings. The molecule has 1 aliphatic carbocycles. The lowest BCUT2D eigenvalue weighted by atomic mass is 10.0. The Hall–Kier alpha value is -0.650. The number of hydrogen-bond acceptors (Lipinski definition) is 4. The van der Waals surface area contributed by atoms with Crippen molar-refractivity contribution in [3.8, 4) is 0 Å². The van der Waals surface area contributed by atoms with E-state index in [9.17, 15) is 9.90 Å². The molecule has 4 atom stereocenters. The van der Waals surface area contributed by atoms with Gasteiger partial charge in [-0.1, -0.05) is 6.92 Å². The van der Waals surface area contributed by atoms with Gasteiger partial charge in [0.25, 0.3) is 0 Å². The van der Waals surface area contributed by atoms with Gasteiger partial charge in [0.15, 0.2) is 0 Å². The second-order valence-electron chi connectivity index (χ2n) is 6.46. The van der Waals surface area contributed by atoms with Gasteiger partial charge in [-0.3, -0.25) is 9.69 Å². The van der Waals surface area contributed by atoms with Gasteiger partial charge in [-0.2, -0.15) is 0 Å². The van der Waals surface area contributed by atoms with E-state index in [2.05, 4.69) is 11.8 Å². The fraction of sp³-hybridized carbons (Fsp3) is 0.933. The number of aliphatic hydroxyl groups is 1. The molecule has 1 saturated heterocycles. The van der Waals surface area contributed by atoms with Crippen molar-refractivity contribution in [1.29, 1.82) is 0 Å². The predicted octanol–water partition coefficient (Wildman–Crippen LogP) is 0.417. The fourth-order valence-electron chi connectivity index (χ4n) is 3.56. The van der Waals surface area contributed by atoms with E-state index < -0.39 is 0 Å². The van der Waals surface area contributed by atoms with Crippen molar-refractivity contribution < 1.29 is 9.90 Å². The van der Waals surface area contributed by atoms with Crippen LogP contribution < -0.4 is 5.73 Å². The summed E-state index contributed by atoms with van der Waals surface area (Å²) in [6.45, 7) is 7.13. The summed E-state index contributed by atoms with van der Waals surface area (Å²) in [5, 5.41) is 9.56. The van der Waals surface area contributed by atoms with Crippen molar-refractivity contribution in [3.63, 3.8) is 0 Å². The number of hydrogen-bond donors (Lipinski definition) is 2. The van der Waals surface area contributed by atoms with Gasteiger partial charge in [0.1, 0.15) is 0 Å². The van der Waals surface area contributed by atoms with Gasteiger partial charge in [0.05, 0.1) is 6.10 Å². The Kier molecular flexibility index (Phi) is 5.41. The van der Waals surface area contributed by atoms with Crippen LogP contribution in [0.1, 0.15) is 39.5 Å². The van der Waals surface area contributed by atoms with Crippen LogP contribution in [-0.4, -0.2) is 65.2 Å².